The molecule has 0 aliphatic rings. The summed E-state index contributed by atoms with van der Waals surface area (Å²) in [5.41, 5.74) is 3.29. The molecule has 0 spiro atoms. The summed E-state index contributed by atoms with van der Waals surface area (Å²) in [5.74, 6) is 3.79. The van der Waals surface area contributed by atoms with Crippen LogP contribution in [0.2, 0.25) is 13.3 Å². The van der Waals surface area contributed by atoms with Crippen LogP contribution in [0.5, 0.6) is 0 Å². The van der Waals surface area contributed by atoms with Gasteiger partial charge in [-0.1, -0.05) is 5.56 Å². The van der Waals surface area contributed by atoms with Gasteiger partial charge in [-0.2, -0.15) is 0 Å². The van der Waals surface area contributed by atoms with Gasteiger partial charge in [-0.3, -0.25) is 0 Å². The summed E-state index contributed by atoms with van der Waals surface area (Å²) in [5, 5.41) is 0. The van der Waals surface area contributed by atoms with Gasteiger partial charge in [0.2, 0.25) is 0 Å². The first-order valence-corrected chi connectivity index (χ1v) is 24.4. The van der Waals surface area contributed by atoms with E-state index >= 15 is 0 Å². The van der Waals surface area contributed by atoms with Crippen molar-refractivity contribution >= 4 is 28.4 Å². The third-order valence-electron chi connectivity index (χ3n) is 7.94. The van der Waals surface area contributed by atoms with Crippen LogP contribution in [0.3, 0.4) is 0 Å². The van der Waals surface area contributed by atoms with Crippen LogP contribution in [0.1, 0.15) is 88.3 Å². The molecular formula is C34H53NO4SSn. The zero-order chi connectivity index (χ0) is 30.1. The molecule has 1 N–H and O–H groups in total. The van der Waals surface area contributed by atoms with Crippen molar-refractivity contribution < 1.29 is 17.9 Å². The summed E-state index contributed by atoms with van der Waals surface area (Å²) in [6, 6.07) is 15.3. The topological polar surface area (TPSA) is 64.6 Å². The normalized spacial score (nSPS) is 12.8. The molecule has 7 heteroatoms. The molecule has 0 radical (unpaired) electrons. The second-order valence-electron chi connectivity index (χ2n) is 11.2. The Kier molecular flexibility index (Phi) is 16.6. The Morgan fingerprint density at radius 2 is 1.41 bits per heavy atom. The van der Waals surface area contributed by atoms with Crippen LogP contribution >= 0.6 is 0 Å². The van der Waals surface area contributed by atoms with E-state index in [1.165, 1.54) is 51.8 Å². The van der Waals surface area contributed by atoms with Gasteiger partial charge in [-0.25, -0.2) is 0 Å². The van der Waals surface area contributed by atoms with Gasteiger partial charge in [-0.05, 0) is 6.92 Å². The van der Waals surface area contributed by atoms with Gasteiger partial charge in [0.25, 0.3) is 0 Å². The van der Waals surface area contributed by atoms with Gasteiger partial charge < -0.3 is 0 Å². The van der Waals surface area contributed by atoms with E-state index in [1.807, 2.05) is 25.1 Å². The molecule has 0 saturated carbocycles. The van der Waals surface area contributed by atoms with Crippen molar-refractivity contribution in [2.24, 2.45) is 0 Å². The standard InChI is InChI=1S/C22H26NO4S.3C4H9.Sn/c1-5-18(16-22(26-3)27-4)21-9-7-6-8-19(21)14-15-23-28(24,25)20-12-10-17(2)11-13-20;3*1-3-4-2;/h6-13,18,22-23H,14-16H2,2-4H3;3*1,3-4H2,2H3;. The Labute approximate surface area is 255 Å². The van der Waals surface area contributed by atoms with Crippen LogP contribution in [0.4, 0.5) is 0 Å². The van der Waals surface area contributed by atoms with Crippen LogP contribution in [0, 0.1) is 16.8 Å². The van der Waals surface area contributed by atoms with Gasteiger partial charge in [-0.15, -0.1) is 0 Å². The number of methoxy groups -OCH3 is 2. The first-order valence-electron chi connectivity index (χ1n) is 15.5. The molecule has 0 aromatic heterocycles. The Morgan fingerprint density at radius 1 is 0.854 bits per heavy atom. The molecule has 0 aliphatic carbocycles. The van der Waals surface area contributed by atoms with Crippen LogP contribution in [0.25, 0.3) is 0 Å². The maximum absolute atomic E-state index is 12.9. The third kappa shape index (κ3) is 12.0. The molecule has 1 atom stereocenters. The van der Waals surface area contributed by atoms with Crippen LogP contribution < -0.4 is 4.72 Å². The fourth-order valence-electron chi connectivity index (χ4n) is 5.32. The van der Waals surface area contributed by atoms with Gasteiger partial charge in [0, 0.05) is 0 Å². The van der Waals surface area contributed by atoms with Crippen molar-refractivity contribution in [2.45, 2.75) is 109 Å². The Bertz CT molecular complexity index is 1160. The Balaban J connectivity index is 2.40. The Hall–Kier alpha value is -1.37. The molecule has 228 valence electrons. The van der Waals surface area contributed by atoms with Crippen molar-refractivity contribution in [3.63, 3.8) is 0 Å². The fourth-order valence-corrected chi connectivity index (χ4v) is 19.8. The quantitative estimate of drug-likeness (QED) is 0.0923. The van der Waals surface area contributed by atoms with Crippen molar-refractivity contribution in [3.8, 4) is 9.86 Å². The van der Waals surface area contributed by atoms with Gasteiger partial charge in [0.15, 0.2) is 0 Å². The van der Waals surface area contributed by atoms with Gasteiger partial charge in [0.1, 0.15) is 0 Å². The minimum absolute atomic E-state index is 0.0363. The number of benzene rings is 2. The molecule has 41 heavy (non-hydrogen) atoms. The van der Waals surface area contributed by atoms with Gasteiger partial charge >= 0.3 is 244 Å². The average Bonchev–Trinajstić information content (AvgIpc) is 2.98. The molecule has 0 amide bonds. The molecule has 0 heterocycles. The average molecular weight is 691 g/mol. The number of rotatable bonds is 19. The van der Waals surface area contributed by atoms with E-state index in [9.17, 15) is 8.42 Å². The van der Waals surface area contributed by atoms with Gasteiger partial charge in [0.05, 0.1) is 0 Å². The van der Waals surface area contributed by atoms with E-state index in [-0.39, 0.29) is 12.2 Å². The van der Waals surface area contributed by atoms with Crippen LogP contribution in [-0.2, 0) is 25.9 Å². The van der Waals surface area contributed by atoms with E-state index in [0.717, 1.165) is 16.7 Å². The summed E-state index contributed by atoms with van der Waals surface area (Å²) in [6.45, 7) is 9.13. The third-order valence-corrected chi connectivity index (χ3v) is 22.6. The number of hydrogen-bond acceptors (Lipinski definition) is 4. The number of sulfonamides is 1. The van der Waals surface area contributed by atoms with Crippen molar-refractivity contribution in [2.75, 3.05) is 20.8 Å². The molecule has 0 bridgehead atoms. The van der Waals surface area contributed by atoms with Crippen molar-refractivity contribution in [1.82, 2.24) is 4.72 Å². The molecule has 5 nitrogen and oxygen atoms in total. The van der Waals surface area contributed by atoms with E-state index in [2.05, 4.69) is 53.5 Å². The number of ether oxygens (including phenoxy) is 2. The number of hydrogen-bond donors (Lipinski definition) is 1. The predicted octanol–water partition coefficient (Wildman–Crippen LogP) is 8.00. The molecule has 1 unspecified atom stereocenters. The minimum atomic E-state index is -3.57. The van der Waals surface area contributed by atoms with Crippen LogP contribution in [0.15, 0.2) is 53.4 Å². The van der Waals surface area contributed by atoms with E-state index < -0.39 is 28.4 Å². The van der Waals surface area contributed by atoms with E-state index in [1.54, 1.807) is 26.4 Å². The molecule has 0 fully saturated rings. The first-order chi connectivity index (χ1) is 19.7. The molecule has 2 aromatic carbocycles. The zero-order valence-electron chi connectivity index (χ0n) is 26.3. The summed E-state index contributed by atoms with van der Waals surface area (Å²) in [7, 11) is -0.217. The van der Waals surface area contributed by atoms with Crippen molar-refractivity contribution in [3.05, 3.63) is 65.2 Å². The van der Waals surface area contributed by atoms with E-state index in [0.29, 0.717) is 24.3 Å². The number of nitrogens with one attached hydrogen (secondary N) is 1. The second kappa shape index (κ2) is 19.0. The second-order valence-corrected chi connectivity index (χ2v) is 25.3. The predicted molar refractivity (Wildman–Crippen MR) is 174 cm³/mol. The summed E-state index contributed by atoms with van der Waals surface area (Å²) in [6.07, 6.45) is 8.37. The molecule has 0 saturated heterocycles. The SMILES string of the molecule is CCC[CH2][Sn]([C]#CC(CC(OC)OC)c1ccccc1CCNS(=O)(=O)c1ccc(C)cc1)([CH2]CCC)[CH2]CCC. The molecule has 0 aliphatic heterocycles. The maximum atomic E-state index is 12.9. The summed E-state index contributed by atoms with van der Waals surface area (Å²) < 4.78 is 47.9. The molecule has 2 rings (SSSR count). The van der Waals surface area contributed by atoms with Crippen LogP contribution in [-0.4, -0.2) is 53.8 Å². The number of unbranched alkanes of at least 4 members (excludes halogenated alkanes) is 3. The fraction of sp³-hybridized carbons (Fsp3) is 0.588. The monoisotopic (exact) mass is 691 g/mol. The number of aryl methyl sites for hydroxylation is 1. The Morgan fingerprint density at radius 3 is 1.95 bits per heavy atom. The summed E-state index contributed by atoms with van der Waals surface area (Å²) >= 11 is -2.69. The summed E-state index contributed by atoms with van der Waals surface area (Å²) in [4.78, 5) is 0.290. The molecule has 2 aromatic rings. The first kappa shape index (κ1) is 35.8. The van der Waals surface area contributed by atoms with E-state index in [4.69, 9.17) is 9.47 Å². The van der Waals surface area contributed by atoms with Crippen molar-refractivity contribution in [1.29, 1.82) is 0 Å². The zero-order valence-corrected chi connectivity index (χ0v) is 30.0. The molecular weight excluding hydrogens is 637 g/mol.